The van der Waals surface area contributed by atoms with Gasteiger partial charge in [-0.05, 0) is 77.8 Å². The largest absolute Gasteiger partial charge is 0.478 e. The molecule has 2 N–H and O–H groups in total. The molecule has 0 spiro atoms. The minimum atomic E-state index is -1.30. The quantitative estimate of drug-likeness (QED) is 0.129. The number of benzene rings is 1. The molecule has 10 heteroatoms. The summed E-state index contributed by atoms with van der Waals surface area (Å²) in [6, 6.07) is 12.5. The third-order valence-corrected chi connectivity index (χ3v) is 11.0. The van der Waals surface area contributed by atoms with E-state index in [-0.39, 0.29) is 27.5 Å². The fourth-order valence-corrected chi connectivity index (χ4v) is 8.18. The van der Waals surface area contributed by atoms with Crippen molar-refractivity contribution >= 4 is 69.0 Å². The topological polar surface area (TPSA) is 132 Å². The second-order valence-electron chi connectivity index (χ2n) is 12.5. The summed E-state index contributed by atoms with van der Waals surface area (Å²) < 4.78 is 6.03. The van der Waals surface area contributed by atoms with E-state index in [4.69, 9.17) is 14.8 Å². The number of rotatable bonds is 6. The Hall–Kier alpha value is -4.46. The van der Waals surface area contributed by atoms with Gasteiger partial charge in [0, 0.05) is 49.2 Å². The highest BCUT2D eigenvalue weighted by Crippen LogP contribution is 2.51. The lowest BCUT2D eigenvalue weighted by atomic mass is 9.69. The van der Waals surface area contributed by atoms with Crippen LogP contribution < -0.4 is 10.5 Å². The van der Waals surface area contributed by atoms with E-state index in [0.717, 1.165) is 46.6 Å². The molecule has 44 heavy (non-hydrogen) atoms. The number of carboxylic acid groups (broad SMARTS) is 2. The van der Waals surface area contributed by atoms with Gasteiger partial charge in [0.05, 0.1) is 11.1 Å². The average Bonchev–Trinajstić information content (AvgIpc) is 3.63. The van der Waals surface area contributed by atoms with Crippen LogP contribution in [0.1, 0.15) is 67.0 Å². The third kappa shape index (κ3) is 5.06. The van der Waals surface area contributed by atoms with E-state index in [2.05, 4.69) is 38.7 Å². The van der Waals surface area contributed by atoms with E-state index in [1.165, 1.54) is 46.1 Å². The zero-order valence-electron chi connectivity index (χ0n) is 24.7. The normalized spacial score (nSPS) is 17.3. The van der Waals surface area contributed by atoms with Crippen molar-refractivity contribution in [2.75, 3.05) is 18.0 Å². The van der Waals surface area contributed by atoms with Crippen LogP contribution in [0.25, 0.3) is 38.4 Å². The molecular weight excluding hydrogens is 597 g/mol. The number of nitriles is 1. The molecule has 2 aliphatic rings. The Bertz CT molecular complexity index is 2030. The molecule has 1 aromatic carbocycles. The molecule has 8 nitrogen and oxygen atoms in total. The van der Waals surface area contributed by atoms with Crippen molar-refractivity contribution in [3.8, 4) is 15.8 Å². The molecule has 0 saturated heterocycles. The summed E-state index contributed by atoms with van der Waals surface area (Å²) in [6.07, 6.45) is 4.64. The Labute approximate surface area is 261 Å². The second-order valence-corrected chi connectivity index (χ2v) is 14.7. The van der Waals surface area contributed by atoms with Gasteiger partial charge in [-0.1, -0.05) is 27.7 Å². The van der Waals surface area contributed by atoms with Gasteiger partial charge in [-0.2, -0.15) is 5.26 Å². The van der Waals surface area contributed by atoms with E-state index >= 15 is 0 Å². The van der Waals surface area contributed by atoms with Crippen LogP contribution in [-0.2, 0) is 20.4 Å². The molecule has 0 radical (unpaired) electrons. The molecule has 5 heterocycles. The van der Waals surface area contributed by atoms with Gasteiger partial charge in [-0.25, -0.2) is 14.4 Å². The van der Waals surface area contributed by atoms with Crippen LogP contribution in [0.3, 0.4) is 0 Å². The molecule has 6 rings (SSSR count). The molecular formula is C34H30N2O6S2. The first kappa shape index (κ1) is 29.6. The highest BCUT2D eigenvalue weighted by molar-refractivity contribution is 7.23. The zero-order chi connectivity index (χ0) is 31.6. The fraction of sp³-hybridized carbons (Fsp3) is 0.294. The van der Waals surface area contributed by atoms with E-state index < -0.39 is 17.6 Å². The highest BCUT2D eigenvalue weighted by Gasteiger charge is 2.42. The Balaban J connectivity index is 1.43. The van der Waals surface area contributed by atoms with Crippen LogP contribution in [-0.4, -0.2) is 35.2 Å². The van der Waals surface area contributed by atoms with Crippen molar-refractivity contribution in [2.24, 2.45) is 0 Å². The number of fused-ring (bicyclic) bond motifs is 2. The van der Waals surface area contributed by atoms with Gasteiger partial charge in [0.25, 0.3) is 0 Å². The highest BCUT2D eigenvalue weighted by atomic mass is 32.1. The maximum atomic E-state index is 13.4. The van der Waals surface area contributed by atoms with Crippen LogP contribution >= 0.6 is 22.7 Å². The summed E-state index contributed by atoms with van der Waals surface area (Å²) in [5.41, 5.74) is 2.93. The van der Waals surface area contributed by atoms with E-state index in [9.17, 15) is 19.5 Å². The van der Waals surface area contributed by atoms with Crippen LogP contribution in [0.4, 0.5) is 5.69 Å². The Morgan fingerprint density at radius 1 is 0.955 bits per heavy atom. The van der Waals surface area contributed by atoms with Gasteiger partial charge >= 0.3 is 17.6 Å². The summed E-state index contributed by atoms with van der Waals surface area (Å²) in [4.78, 5) is 42.1. The lowest BCUT2D eigenvalue weighted by Crippen LogP contribution is -2.44. The van der Waals surface area contributed by atoms with Gasteiger partial charge in [-0.15, -0.1) is 22.7 Å². The van der Waals surface area contributed by atoms with Crippen molar-refractivity contribution in [2.45, 2.75) is 51.4 Å². The molecule has 3 aromatic heterocycles. The predicted octanol–water partition coefficient (Wildman–Crippen LogP) is 7.37. The molecule has 0 unspecified atom stereocenters. The molecule has 0 bridgehead atoms. The van der Waals surface area contributed by atoms with E-state index in [1.54, 1.807) is 36.4 Å². The zero-order valence-corrected chi connectivity index (χ0v) is 26.3. The molecule has 0 fully saturated rings. The van der Waals surface area contributed by atoms with Crippen molar-refractivity contribution in [1.29, 1.82) is 5.26 Å². The standard InChI is InChI=1S/C34H30N2O6S2/c1-33(2)9-11-36-12-10-34(3,4)27-28(36)23(33)16-18-13-19(32(41)42-29(18)27)15-22(31(39)40)24-7-8-26(44-24)25-6-5-21(43-25)14-20(17-35)30(37)38/h5-8,13-16H,9-12H2,1-4H3,(H,37,38)(H,39,40)/b20-14-,22-15-. The van der Waals surface area contributed by atoms with Gasteiger partial charge < -0.3 is 19.5 Å². The minimum Gasteiger partial charge on any atom is -0.478 e. The first-order chi connectivity index (χ1) is 20.8. The Kier molecular flexibility index (Phi) is 7.14. The molecule has 224 valence electrons. The number of nitrogens with zero attached hydrogens (tertiary/aromatic N) is 2. The number of thiophene rings is 2. The number of aliphatic carboxylic acids is 2. The van der Waals surface area contributed by atoms with Crippen LogP contribution in [0, 0.1) is 11.3 Å². The molecule has 2 aliphatic heterocycles. The monoisotopic (exact) mass is 626 g/mol. The number of anilines is 1. The average molecular weight is 627 g/mol. The van der Waals surface area contributed by atoms with Crippen molar-refractivity contribution in [1.82, 2.24) is 0 Å². The summed E-state index contributed by atoms with van der Waals surface area (Å²) in [5.74, 6) is -2.48. The molecule has 0 aliphatic carbocycles. The summed E-state index contributed by atoms with van der Waals surface area (Å²) in [7, 11) is 0. The predicted molar refractivity (Wildman–Crippen MR) is 174 cm³/mol. The van der Waals surface area contributed by atoms with Crippen LogP contribution in [0.2, 0.25) is 0 Å². The van der Waals surface area contributed by atoms with E-state index in [1.807, 2.05) is 0 Å². The van der Waals surface area contributed by atoms with Crippen LogP contribution in [0.15, 0.2) is 51.2 Å². The molecule has 0 amide bonds. The summed E-state index contributed by atoms with van der Waals surface area (Å²) in [5, 5.41) is 29.1. The maximum absolute atomic E-state index is 13.4. The van der Waals surface area contributed by atoms with Crippen LogP contribution in [0.5, 0.6) is 0 Å². The lowest BCUT2D eigenvalue weighted by Gasteiger charge is -2.48. The Morgan fingerprint density at radius 3 is 2.32 bits per heavy atom. The number of hydrogen-bond acceptors (Lipinski definition) is 8. The molecule has 0 atom stereocenters. The second kappa shape index (κ2) is 10.6. The van der Waals surface area contributed by atoms with Gasteiger partial charge in [0.2, 0.25) is 0 Å². The molecule has 4 aromatic rings. The summed E-state index contributed by atoms with van der Waals surface area (Å²) >= 11 is 2.54. The van der Waals surface area contributed by atoms with Crippen molar-refractivity contribution in [3.05, 3.63) is 78.8 Å². The SMILES string of the molecule is CC1(C)CCN2CCC(C)(C)c3c2c1cc1cc(/C=C(\C(=O)O)c2ccc(-c4ccc(/C=C(/C#N)C(=O)O)s4)s2)c(=O)oc31. The number of carbonyl (C=O) groups is 2. The number of hydrogen-bond donors (Lipinski definition) is 2. The Morgan fingerprint density at radius 2 is 1.64 bits per heavy atom. The first-order valence-electron chi connectivity index (χ1n) is 14.2. The fourth-order valence-electron chi connectivity index (χ4n) is 6.12. The van der Waals surface area contributed by atoms with E-state index in [0.29, 0.717) is 15.3 Å². The van der Waals surface area contributed by atoms with Gasteiger partial charge in [0.15, 0.2) is 0 Å². The smallest absolute Gasteiger partial charge is 0.346 e. The minimum absolute atomic E-state index is 0.0339. The lowest BCUT2D eigenvalue weighted by molar-refractivity contribution is -0.132. The van der Waals surface area contributed by atoms with Gasteiger partial charge in [-0.3, -0.25) is 0 Å². The van der Waals surface area contributed by atoms with Gasteiger partial charge in [0.1, 0.15) is 17.2 Å². The third-order valence-electron chi connectivity index (χ3n) is 8.67. The number of carboxylic acids is 2. The van der Waals surface area contributed by atoms with Crippen molar-refractivity contribution in [3.63, 3.8) is 0 Å². The molecule has 0 saturated carbocycles. The van der Waals surface area contributed by atoms with Crippen molar-refractivity contribution < 1.29 is 24.2 Å². The summed E-state index contributed by atoms with van der Waals surface area (Å²) in [6.45, 7) is 10.8. The maximum Gasteiger partial charge on any atom is 0.346 e. The first-order valence-corrected chi connectivity index (χ1v) is 15.8.